The van der Waals surface area contributed by atoms with E-state index in [1.165, 1.54) is 11.8 Å². The lowest BCUT2D eigenvalue weighted by atomic mass is 9.98. The third kappa shape index (κ3) is 13.5. The molecule has 0 heterocycles. The van der Waals surface area contributed by atoms with E-state index in [0.717, 1.165) is 0 Å². The molecular formula is C23H45N7O5S. The van der Waals surface area contributed by atoms with E-state index < -0.39 is 47.9 Å². The summed E-state index contributed by atoms with van der Waals surface area (Å²) in [7, 11) is 0. The Balaban J connectivity index is 5.41. The molecule has 5 unspecified atom stereocenters. The van der Waals surface area contributed by atoms with E-state index in [-0.39, 0.29) is 17.8 Å². The SMILES string of the molecule is CCC(C)C(NC(=O)C(CCSC)NC(=O)C(CC(C)C)NC(=O)C(N)CCCN=C(N)N)C(=O)O. The first-order chi connectivity index (χ1) is 16.8. The van der Waals surface area contributed by atoms with Crippen LogP contribution in [0.25, 0.3) is 0 Å². The summed E-state index contributed by atoms with van der Waals surface area (Å²) >= 11 is 1.50. The van der Waals surface area contributed by atoms with E-state index in [0.29, 0.717) is 44.4 Å². The lowest BCUT2D eigenvalue weighted by Gasteiger charge is -2.27. The molecule has 0 saturated heterocycles. The number of thioether (sulfide) groups is 1. The Morgan fingerprint density at radius 1 is 0.944 bits per heavy atom. The van der Waals surface area contributed by atoms with E-state index in [2.05, 4.69) is 20.9 Å². The Kier molecular flexibility index (Phi) is 16.6. The molecule has 5 atom stereocenters. The number of amides is 3. The van der Waals surface area contributed by atoms with Crippen LogP contribution >= 0.6 is 11.8 Å². The molecule has 0 radical (unpaired) electrons. The van der Waals surface area contributed by atoms with Crippen LogP contribution in [0, 0.1) is 11.8 Å². The maximum Gasteiger partial charge on any atom is 0.326 e. The summed E-state index contributed by atoms with van der Waals surface area (Å²) in [6.07, 6.45) is 3.88. The molecule has 0 aliphatic carbocycles. The van der Waals surface area contributed by atoms with Crippen molar-refractivity contribution in [2.75, 3.05) is 18.6 Å². The topological polar surface area (TPSA) is 215 Å². The molecule has 0 saturated carbocycles. The lowest BCUT2D eigenvalue weighted by Crippen LogP contribution is -2.58. The summed E-state index contributed by atoms with van der Waals surface area (Å²) in [4.78, 5) is 54.2. The number of nitrogens with two attached hydrogens (primary N) is 3. The zero-order valence-corrected chi connectivity index (χ0v) is 22.9. The number of nitrogens with one attached hydrogen (secondary N) is 3. The number of aliphatic carboxylic acids is 1. The molecule has 0 aromatic rings. The van der Waals surface area contributed by atoms with Crippen molar-refractivity contribution in [2.24, 2.45) is 34.0 Å². The summed E-state index contributed by atoms with van der Waals surface area (Å²) in [6.45, 7) is 7.72. The normalized spacial score (nSPS) is 15.2. The second-order valence-corrected chi connectivity index (χ2v) is 10.3. The summed E-state index contributed by atoms with van der Waals surface area (Å²) in [6, 6.07) is -3.78. The minimum atomic E-state index is -1.13. The number of rotatable bonds is 18. The second kappa shape index (κ2) is 17.8. The molecule has 0 rings (SSSR count). The van der Waals surface area contributed by atoms with Crippen LogP contribution in [0.15, 0.2) is 4.99 Å². The minimum absolute atomic E-state index is 0.0411. The van der Waals surface area contributed by atoms with Crippen LogP contribution in [0.1, 0.15) is 59.8 Å². The number of carbonyl (C=O) groups excluding carboxylic acids is 3. The van der Waals surface area contributed by atoms with Gasteiger partial charge in [0.05, 0.1) is 6.04 Å². The fourth-order valence-corrected chi connectivity index (χ4v) is 3.82. The predicted octanol–water partition coefficient (Wildman–Crippen LogP) is -0.248. The van der Waals surface area contributed by atoms with Crippen molar-refractivity contribution in [3.63, 3.8) is 0 Å². The Labute approximate surface area is 218 Å². The van der Waals surface area contributed by atoms with Gasteiger partial charge in [0.1, 0.15) is 18.1 Å². The molecular weight excluding hydrogens is 486 g/mol. The molecule has 0 spiro atoms. The van der Waals surface area contributed by atoms with Crippen molar-refractivity contribution in [3.05, 3.63) is 0 Å². The third-order valence-electron chi connectivity index (χ3n) is 5.66. The number of nitrogens with zero attached hydrogens (tertiary/aromatic N) is 1. The number of carboxylic acids is 1. The quantitative estimate of drug-likeness (QED) is 0.0704. The molecule has 0 bridgehead atoms. The second-order valence-electron chi connectivity index (χ2n) is 9.30. The molecule has 12 nitrogen and oxygen atoms in total. The Morgan fingerprint density at radius 3 is 2.03 bits per heavy atom. The highest BCUT2D eigenvalue weighted by Gasteiger charge is 2.32. The first-order valence-electron chi connectivity index (χ1n) is 12.3. The van der Waals surface area contributed by atoms with Gasteiger partial charge in [-0.15, -0.1) is 0 Å². The van der Waals surface area contributed by atoms with Crippen molar-refractivity contribution in [3.8, 4) is 0 Å². The highest BCUT2D eigenvalue weighted by molar-refractivity contribution is 7.98. The molecule has 13 heteroatoms. The molecule has 36 heavy (non-hydrogen) atoms. The summed E-state index contributed by atoms with van der Waals surface area (Å²) in [5, 5.41) is 17.5. The van der Waals surface area contributed by atoms with Gasteiger partial charge in [0.25, 0.3) is 0 Å². The first-order valence-corrected chi connectivity index (χ1v) is 13.7. The summed E-state index contributed by atoms with van der Waals surface area (Å²) in [5.74, 6) is -2.41. The Morgan fingerprint density at radius 2 is 1.53 bits per heavy atom. The van der Waals surface area contributed by atoms with Crippen LogP contribution in [-0.4, -0.2) is 77.5 Å². The van der Waals surface area contributed by atoms with Crippen molar-refractivity contribution in [1.29, 1.82) is 0 Å². The molecule has 0 fully saturated rings. The van der Waals surface area contributed by atoms with Crippen LogP contribution < -0.4 is 33.2 Å². The molecule has 3 amide bonds. The summed E-state index contributed by atoms with van der Waals surface area (Å²) < 4.78 is 0. The van der Waals surface area contributed by atoms with E-state index in [1.54, 1.807) is 6.92 Å². The standard InChI is InChI=1S/C23H45N7O5S/c1-6-14(4)18(22(34)35)30-20(32)16(9-11-36-5)28-21(33)17(12-13(2)3)29-19(31)15(24)8-7-10-27-23(25)26/h13-18H,6-12,24H2,1-5H3,(H,28,33)(H,29,31)(H,30,32)(H,34,35)(H4,25,26,27). The van der Waals surface area contributed by atoms with Crippen LogP contribution in [-0.2, 0) is 19.2 Å². The van der Waals surface area contributed by atoms with Gasteiger partial charge in [-0.25, -0.2) is 4.79 Å². The molecule has 10 N–H and O–H groups in total. The van der Waals surface area contributed by atoms with Gasteiger partial charge in [-0.05, 0) is 49.5 Å². The highest BCUT2D eigenvalue weighted by Crippen LogP contribution is 2.11. The monoisotopic (exact) mass is 531 g/mol. The molecule has 208 valence electrons. The van der Waals surface area contributed by atoms with Crippen molar-refractivity contribution in [2.45, 2.75) is 84.0 Å². The number of guanidine groups is 1. The largest absolute Gasteiger partial charge is 0.480 e. The van der Waals surface area contributed by atoms with Gasteiger partial charge in [-0.2, -0.15) is 11.8 Å². The van der Waals surface area contributed by atoms with Gasteiger partial charge in [0.2, 0.25) is 17.7 Å². The minimum Gasteiger partial charge on any atom is -0.480 e. The number of hydrogen-bond donors (Lipinski definition) is 7. The maximum atomic E-state index is 13.1. The van der Waals surface area contributed by atoms with Gasteiger partial charge in [-0.1, -0.05) is 34.1 Å². The van der Waals surface area contributed by atoms with E-state index >= 15 is 0 Å². The average Bonchev–Trinajstić information content (AvgIpc) is 2.80. The number of aliphatic imine (C=N–C) groups is 1. The van der Waals surface area contributed by atoms with Gasteiger partial charge < -0.3 is 38.3 Å². The van der Waals surface area contributed by atoms with E-state index in [9.17, 15) is 24.3 Å². The molecule has 0 aliphatic heterocycles. The zero-order chi connectivity index (χ0) is 27.8. The van der Waals surface area contributed by atoms with Crippen LogP contribution in [0.2, 0.25) is 0 Å². The Hall–Kier alpha value is -2.54. The average molecular weight is 532 g/mol. The van der Waals surface area contributed by atoms with Crippen LogP contribution in [0.5, 0.6) is 0 Å². The van der Waals surface area contributed by atoms with E-state index in [4.69, 9.17) is 17.2 Å². The fourth-order valence-electron chi connectivity index (χ4n) is 3.35. The van der Waals surface area contributed by atoms with Gasteiger partial charge in [-0.3, -0.25) is 19.4 Å². The van der Waals surface area contributed by atoms with Crippen molar-refractivity contribution >= 4 is 41.4 Å². The number of hydrogen-bond acceptors (Lipinski definition) is 7. The maximum absolute atomic E-state index is 13.1. The zero-order valence-electron chi connectivity index (χ0n) is 22.1. The smallest absolute Gasteiger partial charge is 0.326 e. The van der Waals surface area contributed by atoms with Crippen LogP contribution in [0.3, 0.4) is 0 Å². The predicted molar refractivity (Wildman–Crippen MR) is 143 cm³/mol. The molecule has 0 aliphatic rings. The lowest BCUT2D eigenvalue weighted by molar-refractivity contribution is -0.143. The van der Waals surface area contributed by atoms with Crippen molar-refractivity contribution < 1.29 is 24.3 Å². The van der Waals surface area contributed by atoms with E-state index in [1.807, 2.05) is 27.0 Å². The highest BCUT2D eigenvalue weighted by atomic mass is 32.2. The number of carbonyl (C=O) groups is 4. The van der Waals surface area contributed by atoms with Gasteiger partial charge in [0, 0.05) is 6.54 Å². The van der Waals surface area contributed by atoms with Gasteiger partial charge in [0.15, 0.2) is 5.96 Å². The van der Waals surface area contributed by atoms with Crippen LogP contribution in [0.4, 0.5) is 0 Å². The fraction of sp³-hybridized carbons (Fsp3) is 0.783. The van der Waals surface area contributed by atoms with Gasteiger partial charge >= 0.3 is 5.97 Å². The molecule has 0 aromatic carbocycles. The Bertz CT molecular complexity index is 746. The first kappa shape index (κ1) is 33.5. The third-order valence-corrected chi connectivity index (χ3v) is 6.31. The van der Waals surface area contributed by atoms with Crippen molar-refractivity contribution in [1.82, 2.24) is 16.0 Å². The summed E-state index contributed by atoms with van der Waals surface area (Å²) in [5.41, 5.74) is 16.5. The number of carboxylic acid groups (broad SMARTS) is 1. The molecule has 0 aromatic heterocycles.